The van der Waals surface area contributed by atoms with Crippen LogP contribution in [-0.2, 0) is 4.74 Å². The van der Waals surface area contributed by atoms with Crippen molar-refractivity contribution in [2.45, 2.75) is 32.4 Å². The van der Waals surface area contributed by atoms with Gasteiger partial charge in [-0.05, 0) is 38.0 Å². The van der Waals surface area contributed by atoms with Crippen molar-refractivity contribution in [3.05, 3.63) is 28.2 Å². The third-order valence-corrected chi connectivity index (χ3v) is 3.77. The van der Waals surface area contributed by atoms with Gasteiger partial charge in [0.05, 0.1) is 6.10 Å². The van der Waals surface area contributed by atoms with Crippen molar-refractivity contribution in [2.75, 3.05) is 24.6 Å². The van der Waals surface area contributed by atoms with Gasteiger partial charge in [-0.2, -0.15) is 0 Å². The number of rotatable bonds is 2. The monoisotopic (exact) mass is 312 g/mol. The van der Waals surface area contributed by atoms with Gasteiger partial charge in [-0.3, -0.25) is 0 Å². The normalized spacial score (nSPS) is 22.7. The van der Waals surface area contributed by atoms with E-state index in [0.29, 0.717) is 0 Å². The molecule has 0 spiro atoms. The van der Waals surface area contributed by atoms with Crippen LogP contribution < -0.4 is 10.6 Å². The van der Waals surface area contributed by atoms with E-state index in [4.69, 9.17) is 10.5 Å². The molecule has 1 aromatic carbocycles. The Balaban J connectivity index is 2.32. The fourth-order valence-electron chi connectivity index (χ4n) is 2.39. The first-order chi connectivity index (χ1) is 8.58. The van der Waals surface area contributed by atoms with Crippen LogP contribution in [0.3, 0.4) is 0 Å². The van der Waals surface area contributed by atoms with Crippen molar-refractivity contribution in [2.24, 2.45) is 5.73 Å². The Morgan fingerprint density at radius 2 is 2.28 bits per heavy atom. The predicted molar refractivity (Wildman–Crippen MR) is 79.0 cm³/mol. The van der Waals surface area contributed by atoms with Gasteiger partial charge in [0, 0.05) is 35.9 Å². The van der Waals surface area contributed by atoms with E-state index in [9.17, 15) is 0 Å². The van der Waals surface area contributed by atoms with E-state index in [2.05, 4.69) is 46.0 Å². The average molecular weight is 313 g/mol. The first kappa shape index (κ1) is 13.8. The molecule has 0 aromatic heterocycles. The largest absolute Gasteiger partial charge is 0.377 e. The van der Waals surface area contributed by atoms with Gasteiger partial charge >= 0.3 is 0 Å². The summed E-state index contributed by atoms with van der Waals surface area (Å²) >= 11 is 3.55. The lowest BCUT2D eigenvalue weighted by Crippen LogP contribution is -2.31. The molecule has 1 saturated heterocycles. The van der Waals surface area contributed by atoms with Crippen molar-refractivity contribution in [1.82, 2.24) is 0 Å². The molecule has 0 bridgehead atoms. The molecular formula is C14H21BrN2O. The van der Waals surface area contributed by atoms with Crippen LogP contribution in [0.1, 0.15) is 31.9 Å². The van der Waals surface area contributed by atoms with Gasteiger partial charge < -0.3 is 15.4 Å². The highest BCUT2D eigenvalue weighted by atomic mass is 79.9. The maximum atomic E-state index is 6.07. The summed E-state index contributed by atoms with van der Waals surface area (Å²) in [5.41, 5.74) is 8.51. The number of benzene rings is 1. The van der Waals surface area contributed by atoms with Crippen molar-refractivity contribution in [3.63, 3.8) is 0 Å². The molecule has 0 radical (unpaired) electrons. The second kappa shape index (κ2) is 6.04. The van der Waals surface area contributed by atoms with Gasteiger partial charge in [0.25, 0.3) is 0 Å². The standard InChI is InChI=1S/C14H21BrN2O/c1-10-9-17(6-3-7-18-10)14-8-12(15)4-5-13(14)11(2)16/h4-5,8,10-11H,3,6-7,9,16H2,1-2H3. The van der Waals surface area contributed by atoms with Crippen LogP contribution in [0, 0.1) is 0 Å². The van der Waals surface area contributed by atoms with Crippen LogP contribution in [-0.4, -0.2) is 25.8 Å². The maximum Gasteiger partial charge on any atom is 0.0721 e. The summed E-state index contributed by atoms with van der Waals surface area (Å²) in [6, 6.07) is 6.38. The highest BCUT2D eigenvalue weighted by Crippen LogP contribution is 2.30. The second-order valence-electron chi connectivity index (χ2n) is 4.97. The van der Waals surface area contributed by atoms with E-state index in [1.54, 1.807) is 0 Å². The molecule has 1 aromatic rings. The van der Waals surface area contributed by atoms with E-state index >= 15 is 0 Å². The lowest BCUT2D eigenvalue weighted by Gasteiger charge is -2.28. The zero-order chi connectivity index (χ0) is 13.1. The van der Waals surface area contributed by atoms with Gasteiger partial charge in [0.15, 0.2) is 0 Å². The number of hydrogen-bond donors (Lipinski definition) is 1. The molecule has 2 N–H and O–H groups in total. The molecule has 2 unspecified atom stereocenters. The number of halogens is 1. The molecule has 0 amide bonds. The maximum absolute atomic E-state index is 6.07. The Morgan fingerprint density at radius 3 is 3.00 bits per heavy atom. The molecule has 2 rings (SSSR count). The predicted octanol–water partition coefficient (Wildman–Crippen LogP) is 3.08. The van der Waals surface area contributed by atoms with Crippen LogP contribution in [0.4, 0.5) is 5.69 Å². The van der Waals surface area contributed by atoms with Crippen LogP contribution in [0.25, 0.3) is 0 Å². The first-order valence-electron chi connectivity index (χ1n) is 6.49. The topological polar surface area (TPSA) is 38.5 Å². The van der Waals surface area contributed by atoms with Crippen molar-refractivity contribution in [1.29, 1.82) is 0 Å². The first-order valence-corrected chi connectivity index (χ1v) is 7.29. The van der Waals surface area contributed by atoms with E-state index in [1.165, 1.54) is 11.3 Å². The lowest BCUT2D eigenvalue weighted by molar-refractivity contribution is 0.0821. The Kier molecular flexibility index (Phi) is 4.65. The fourth-order valence-corrected chi connectivity index (χ4v) is 2.74. The third-order valence-electron chi connectivity index (χ3n) is 3.28. The number of ether oxygens (including phenoxy) is 1. The van der Waals surface area contributed by atoms with Crippen LogP contribution in [0.2, 0.25) is 0 Å². The summed E-state index contributed by atoms with van der Waals surface area (Å²) in [5, 5.41) is 0. The van der Waals surface area contributed by atoms with Crippen LogP contribution >= 0.6 is 15.9 Å². The van der Waals surface area contributed by atoms with E-state index in [-0.39, 0.29) is 12.1 Å². The molecule has 18 heavy (non-hydrogen) atoms. The Labute approximate surface area is 117 Å². The molecule has 1 heterocycles. The summed E-state index contributed by atoms with van der Waals surface area (Å²) in [4.78, 5) is 2.39. The minimum atomic E-state index is 0.0487. The minimum absolute atomic E-state index is 0.0487. The van der Waals surface area contributed by atoms with Crippen molar-refractivity contribution < 1.29 is 4.74 Å². The zero-order valence-corrected chi connectivity index (χ0v) is 12.6. The SMILES string of the molecule is CC1CN(c2cc(Br)ccc2C(C)N)CCCO1. The number of anilines is 1. The Morgan fingerprint density at radius 1 is 1.50 bits per heavy atom. The molecule has 100 valence electrons. The lowest BCUT2D eigenvalue weighted by atomic mass is 10.1. The van der Waals surface area contributed by atoms with Gasteiger partial charge in [-0.15, -0.1) is 0 Å². The molecule has 1 aliphatic heterocycles. The number of hydrogen-bond acceptors (Lipinski definition) is 3. The summed E-state index contributed by atoms with van der Waals surface area (Å²) in [5.74, 6) is 0. The third kappa shape index (κ3) is 3.25. The van der Waals surface area contributed by atoms with Gasteiger partial charge in [0.2, 0.25) is 0 Å². The summed E-state index contributed by atoms with van der Waals surface area (Å²) < 4.78 is 6.80. The van der Waals surface area contributed by atoms with E-state index in [1.807, 2.05) is 6.92 Å². The minimum Gasteiger partial charge on any atom is -0.377 e. The van der Waals surface area contributed by atoms with Crippen molar-refractivity contribution in [3.8, 4) is 0 Å². The van der Waals surface area contributed by atoms with Gasteiger partial charge in [-0.25, -0.2) is 0 Å². The van der Waals surface area contributed by atoms with E-state index in [0.717, 1.165) is 30.6 Å². The fraction of sp³-hybridized carbons (Fsp3) is 0.571. The number of nitrogens with two attached hydrogens (primary N) is 1. The van der Waals surface area contributed by atoms with Crippen molar-refractivity contribution >= 4 is 21.6 Å². The average Bonchev–Trinajstić information content (AvgIpc) is 2.53. The zero-order valence-electron chi connectivity index (χ0n) is 11.0. The molecule has 1 fully saturated rings. The molecule has 0 aliphatic carbocycles. The summed E-state index contributed by atoms with van der Waals surface area (Å²) in [7, 11) is 0. The Hall–Kier alpha value is -0.580. The van der Waals surface area contributed by atoms with Crippen LogP contribution in [0.15, 0.2) is 22.7 Å². The molecule has 2 atom stereocenters. The summed E-state index contributed by atoms with van der Waals surface area (Å²) in [6.45, 7) is 6.96. The molecule has 0 saturated carbocycles. The highest BCUT2D eigenvalue weighted by molar-refractivity contribution is 9.10. The Bertz CT molecular complexity index is 409. The van der Waals surface area contributed by atoms with Crippen LogP contribution in [0.5, 0.6) is 0 Å². The highest BCUT2D eigenvalue weighted by Gasteiger charge is 2.19. The van der Waals surface area contributed by atoms with E-state index < -0.39 is 0 Å². The van der Waals surface area contributed by atoms with Gasteiger partial charge in [-0.1, -0.05) is 22.0 Å². The molecule has 4 heteroatoms. The quantitative estimate of drug-likeness (QED) is 0.912. The summed E-state index contributed by atoms with van der Waals surface area (Å²) in [6.07, 6.45) is 1.34. The molecular weight excluding hydrogens is 292 g/mol. The molecule has 3 nitrogen and oxygen atoms in total. The van der Waals surface area contributed by atoms with Gasteiger partial charge in [0.1, 0.15) is 0 Å². The second-order valence-corrected chi connectivity index (χ2v) is 5.89. The molecule has 1 aliphatic rings. The number of nitrogens with zero attached hydrogens (tertiary/aromatic N) is 1. The smallest absolute Gasteiger partial charge is 0.0721 e.